The lowest BCUT2D eigenvalue weighted by Gasteiger charge is -2.35. The third-order valence-electron chi connectivity index (χ3n) is 24.9. The zero-order valence-corrected chi connectivity index (χ0v) is 66.8. The minimum absolute atomic E-state index is 0.523. The molecule has 0 atom stereocenters. The number of benzene rings is 18. The van der Waals surface area contributed by atoms with Crippen molar-refractivity contribution < 1.29 is 0 Å². The van der Waals surface area contributed by atoms with Crippen molar-refractivity contribution in [3.8, 4) is 72.7 Å². The normalized spacial score (nSPS) is 12.4. The average Bonchev–Trinajstić information content (AvgIpc) is 1.50. The van der Waals surface area contributed by atoms with Gasteiger partial charge >= 0.3 is 0 Å². The Kier molecular flexibility index (Phi) is 16.2. The molecule has 0 fully saturated rings. The first-order chi connectivity index (χ1) is 59.5. The summed E-state index contributed by atoms with van der Waals surface area (Å²) in [6.45, 7) is 0. The number of anilines is 6. The highest BCUT2D eigenvalue weighted by atomic mass is 32.1. The van der Waals surface area contributed by atoms with Gasteiger partial charge in [0.05, 0.1) is 47.9 Å². The summed E-state index contributed by atoms with van der Waals surface area (Å²) in [5.74, 6) is 0. The van der Waals surface area contributed by atoms with E-state index in [1.165, 1.54) is 151 Å². The summed E-state index contributed by atoms with van der Waals surface area (Å²) in [4.78, 5) is 4.80. The summed E-state index contributed by atoms with van der Waals surface area (Å²) in [5, 5.41) is 7.45. The van der Waals surface area contributed by atoms with Gasteiger partial charge in [-0.3, -0.25) is 0 Å². The molecule has 0 bridgehead atoms. The predicted octanol–water partition coefficient (Wildman–Crippen LogP) is 31.4. The molecular formula is C113H73N5S2. The van der Waals surface area contributed by atoms with Crippen LogP contribution in [0.25, 0.3) is 157 Å². The fourth-order valence-corrected chi connectivity index (χ4v) is 22.3. The molecule has 1 aliphatic carbocycles. The van der Waals surface area contributed by atoms with Crippen molar-refractivity contribution in [2.24, 2.45) is 0 Å². The Morgan fingerprint density at radius 1 is 0.192 bits per heavy atom. The first kappa shape index (κ1) is 69.2. The molecule has 5 nitrogen and oxygen atoms in total. The second kappa shape index (κ2) is 28.1. The van der Waals surface area contributed by atoms with Crippen LogP contribution in [-0.2, 0) is 5.41 Å². The number of aromatic nitrogens is 3. The van der Waals surface area contributed by atoms with Crippen LogP contribution in [0.3, 0.4) is 0 Å². The molecule has 18 aromatic carbocycles. The van der Waals surface area contributed by atoms with Crippen molar-refractivity contribution in [3.05, 3.63) is 465 Å². The fourth-order valence-electron chi connectivity index (χ4n) is 19.6. The second-order valence-electron chi connectivity index (χ2n) is 31.4. The molecule has 1 aliphatic rings. The Balaban J connectivity index is 0.546. The Morgan fingerprint density at radius 2 is 0.533 bits per heavy atom. The molecule has 0 saturated heterocycles. The van der Waals surface area contributed by atoms with E-state index >= 15 is 0 Å². The lowest BCUT2D eigenvalue weighted by atomic mass is 9.67. The van der Waals surface area contributed by atoms with Crippen molar-refractivity contribution in [2.45, 2.75) is 5.41 Å². The van der Waals surface area contributed by atoms with Gasteiger partial charge in [-0.1, -0.05) is 303 Å². The van der Waals surface area contributed by atoms with Crippen LogP contribution < -0.4 is 9.80 Å². The molecule has 0 spiro atoms. The summed E-state index contributed by atoms with van der Waals surface area (Å²) in [6.07, 6.45) is 0. The van der Waals surface area contributed by atoms with E-state index in [-0.39, 0.29) is 0 Å². The van der Waals surface area contributed by atoms with Crippen LogP contribution in [0, 0.1) is 0 Å². The Hall–Kier alpha value is -15.1. The van der Waals surface area contributed by atoms with Crippen LogP contribution in [0.15, 0.2) is 443 Å². The molecule has 7 heteroatoms. The number of para-hydroxylation sites is 5. The highest BCUT2D eigenvalue weighted by molar-refractivity contribution is 7.27. The molecular weight excluding hydrogens is 1490 g/mol. The molecule has 0 aliphatic heterocycles. The zero-order valence-electron chi connectivity index (χ0n) is 65.2. The smallest absolute Gasteiger partial charge is 0.0727 e. The molecule has 0 radical (unpaired) electrons. The highest BCUT2D eigenvalue weighted by Gasteiger charge is 2.46. The van der Waals surface area contributed by atoms with E-state index < -0.39 is 5.41 Å². The number of hydrogen-bond donors (Lipinski definition) is 0. The van der Waals surface area contributed by atoms with Crippen molar-refractivity contribution in [3.63, 3.8) is 0 Å². The van der Waals surface area contributed by atoms with Crippen LogP contribution in [0.1, 0.15) is 22.3 Å². The van der Waals surface area contributed by atoms with Gasteiger partial charge in [0.15, 0.2) is 0 Å². The standard InChI is InChI=1S/C113H73N5S2/c1-5-26-74(27-6-1)75-50-59-84(60-51-75)114(85-63-54-77(55-64-85)91-41-24-43-98-107-111(119-109(91)98)96-39-16-21-48-104(96)117(107)83-33-11-4-12-34-83)87-67-69-88(70-68-87)116-103-47-20-15-38-95(103)100-72-79(58-71-106(100)116)76-52-61-89(62-53-76)118-105-49-22-17-40-97(105)112-108(118)99-44-25-42-92(110(99)120-112)78-56-65-86(66-57-78)115(82-31-9-3-10-32-82)90-35-23-30-81(73-90)113(80-28-7-2-8-29-80)101-45-18-13-36-93(101)94-37-14-19-46-102(94)113/h1-73H. The molecule has 0 N–H and O–H groups in total. The number of hydrogen-bond acceptors (Lipinski definition) is 4. The summed E-state index contributed by atoms with van der Waals surface area (Å²) in [6, 6.07) is 164. The molecule has 120 heavy (non-hydrogen) atoms. The molecule has 0 amide bonds. The van der Waals surface area contributed by atoms with Gasteiger partial charge in [0.1, 0.15) is 0 Å². The Morgan fingerprint density at radius 3 is 1.09 bits per heavy atom. The van der Waals surface area contributed by atoms with Gasteiger partial charge in [0.25, 0.3) is 0 Å². The van der Waals surface area contributed by atoms with Crippen LogP contribution in [0.2, 0.25) is 0 Å². The van der Waals surface area contributed by atoms with Crippen LogP contribution >= 0.6 is 22.7 Å². The molecule has 0 saturated carbocycles. The van der Waals surface area contributed by atoms with Gasteiger partial charge in [-0.2, -0.15) is 0 Å². The van der Waals surface area contributed by atoms with Crippen LogP contribution in [0.5, 0.6) is 0 Å². The Labute approximate surface area is 702 Å². The first-order valence-corrected chi connectivity index (χ1v) is 42.7. The van der Waals surface area contributed by atoms with E-state index in [2.05, 4.69) is 466 Å². The predicted molar refractivity (Wildman–Crippen MR) is 509 cm³/mol. The molecule has 562 valence electrons. The maximum absolute atomic E-state index is 2.49. The summed E-state index contributed by atoms with van der Waals surface area (Å²) < 4.78 is 12.5. The summed E-state index contributed by atoms with van der Waals surface area (Å²) in [5.41, 5.74) is 33.7. The van der Waals surface area contributed by atoms with Crippen molar-refractivity contribution in [1.82, 2.24) is 13.7 Å². The SMILES string of the molecule is c1ccc(-c2ccc(N(c3ccc(-c4cccc5c4sc4c6ccccc6n(-c6ccccc6)c54)cc3)c3ccc(-n4c5ccccc5c5cc(-c6ccc(-n7c8ccccc8c8sc9c(-c%10ccc(N(c%11ccccc%11)c%11cccc(C%12(c%13ccccc%13)c%13ccccc%13-c%13ccccc%13%12)c%11)cc%10)cccc9c87)cc6)ccc54)cc3)cc2)cc1. The van der Waals surface area contributed by atoms with E-state index in [0.717, 1.165) is 62.1 Å². The number of rotatable bonds is 15. The highest BCUT2D eigenvalue weighted by Crippen LogP contribution is 2.58. The summed E-state index contributed by atoms with van der Waals surface area (Å²) >= 11 is 3.80. The molecule has 24 rings (SSSR count). The van der Waals surface area contributed by atoms with E-state index in [9.17, 15) is 0 Å². The van der Waals surface area contributed by atoms with Crippen molar-refractivity contribution in [2.75, 3.05) is 9.80 Å². The van der Waals surface area contributed by atoms with Crippen molar-refractivity contribution >= 4 is 141 Å². The number of fused-ring (bicyclic) bond motifs is 16. The van der Waals surface area contributed by atoms with Crippen molar-refractivity contribution in [1.29, 1.82) is 0 Å². The van der Waals surface area contributed by atoms with Crippen LogP contribution in [0.4, 0.5) is 34.1 Å². The minimum atomic E-state index is -0.523. The van der Waals surface area contributed by atoms with E-state index in [0.29, 0.717) is 0 Å². The fraction of sp³-hybridized carbons (Fsp3) is 0.00885. The lowest BCUT2D eigenvalue weighted by Crippen LogP contribution is -2.28. The topological polar surface area (TPSA) is 21.3 Å². The molecule has 5 aromatic heterocycles. The maximum atomic E-state index is 2.49. The van der Waals surface area contributed by atoms with E-state index in [4.69, 9.17) is 0 Å². The van der Waals surface area contributed by atoms with E-state index in [1.807, 2.05) is 22.7 Å². The molecule has 5 heterocycles. The zero-order chi connectivity index (χ0) is 78.9. The lowest BCUT2D eigenvalue weighted by molar-refractivity contribution is 0.768. The number of nitrogens with zero attached hydrogens (tertiary/aromatic N) is 5. The quantitative estimate of drug-likeness (QED) is 0.102. The molecule has 23 aromatic rings. The largest absolute Gasteiger partial charge is 0.311 e. The van der Waals surface area contributed by atoms with Gasteiger partial charge in [-0.25, -0.2) is 0 Å². The second-order valence-corrected chi connectivity index (χ2v) is 33.4. The van der Waals surface area contributed by atoms with Gasteiger partial charge < -0.3 is 23.5 Å². The molecule has 0 unspecified atom stereocenters. The Bertz CT molecular complexity index is 7870. The minimum Gasteiger partial charge on any atom is -0.311 e. The monoisotopic (exact) mass is 1560 g/mol. The van der Waals surface area contributed by atoms with Gasteiger partial charge in [0.2, 0.25) is 0 Å². The number of thiophene rings is 2. The maximum Gasteiger partial charge on any atom is 0.0727 e. The van der Waals surface area contributed by atoms with Gasteiger partial charge in [-0.15, -0.1) is 22.7 Å². The average molecular weight is 1560 g/mol. The first-order valence-electron chi connectivity index (χ1n) is 41.1. The third kappa shape index (κ3) is 10.9. The van der Waals surface area contributed by atoms with Crippen LogP contribution in [-0.4, -0.2) is 13.7 Å². The van der Waals surface area contributed by atoms with Gasteiger partial charge in [0, 0.05) is 92.9 Å². The third-order valence-corrected chi connectivity index (χ3v) is 27.5. The van der Waals surface area contributed by atoms with Gasteiger partial charge in [-0.05, 0) is 217 Å². The summed E-state index contributed by atoms with van der Waals surface area (Å²) in [7, 11) is 0. The van der Waals surface area contributed by atoms with E-state index in [1.54, 1.807) is 0 Å².